The first-order valence-corrected chi connectivity index (χ1v) is 6.84. The average Bonchev–Trinajstić information content (AvgIpc) is 2.62. The number of benzene rings is 1. The van der Waals surface area contributed by atoms with Gasteiger partial charge in [0.05, 0.1) is 6.61 Å². The molecule has 0 bridgehead atoms. The minimum atomic E-state index is -0.274. The smallest absolute Gasteiger partial charge is 0.334 e. The summed E-state index contributed by atoms with van der Waals surface area (Å²) < 4.78 is 4.97. The van der Waals surface area contributed by atoms with E-state index in [4.69, 9.17) is 4.74 Å². The summed E-state index contributed by atoms with van der Waals surface area (Å²) in [6, 6.07) is 8.57. The van der Waals surface area contributed by atoms with E-state index in [1.807, 2.05) is 6.92 Å². The van der Waals surface area contributed by atoms with Crippen LogP contribution in [-0.4, -0.2) is 37.1 Å². The molecule has 0 saturated carbocycles. The van der Waals surface area contributed by atoms with Crippen molar-refractivity contribution in [3.05, 3.63) is 47.5 Å². The summed E-state index contributed by atoms with van der Waals surface area (Å²) in [4.78, 5) is 13.8. The van der Waals surface area contributed by atoms with Crippen molar-refractivity contribution < 1.29 is 9.53 Å². The molecular formula is C16H21NO2. The topological polar surface area (TPSA) is 29.5 Å². The lowest BCUT2D eigenvalue weighted by molar-refractivity contribution is -0.138. The largest absolute Gasteiger partial charge is 0.463 e. The Morgan fingerprint density at radius 2 is 1.84 bits per heavy atom. The van der Waals surface area contributed by atoms with Gasteiger partial charge in [-0.2, -0.15) is 0 Å². The second-order valence-corrected chi connectivity index (χ2v) is 4.87. The van der Waals surface area contributed by atoms with Gasteiger partial charge in [0.25, 0.3) is 0 Å². The van der Waals surface area contributed by atoms with Crippen LogP contribution in [0, 0.1) is 0 Å². The molecule has 102 valence electrons. The van der Waals surface area contributed by atoms with Crippen LogP contribution in [-0.2, 0) is 22.4 Å². The van der Waals surface area contributed by atoms with Gasteiger partial charge in [-0.25, -0.2) is 4.79 Å². The van der Waals surface area contributed by atoms with Crippen molar-refractivity contribution in [1.82, 2.24) is 4.90 Å². The van der Waals surface area contributed by atoms with E-state index in [0.717, 1.165) is 25.9 Å². The fourth-order valence-corrected chi connectivity index (χ4v) is 2.44. The first-order chi connectivity index (χ1) is 9.20. The third-order valence-electron chi connectivity index (χ3n) is 3.49. The Bertz CT molecular complexity index is 441. The van der Waals surface area contributed by atoms with Crippen molar-refractivity contribution in [1.29, 1.82) is 0 Å². The molecule has 1 aliphatic rings. The number of rotatable bonds is 4. The van der Waals surface area contributed by atoms with E-state index in [-0.39, 0.29) is 5.97 Å². The number of carbonyl (C=O) groups is 1. The van der Waals surface area contributed by atoms with E-state index in [9.17, 15) is 4.79 Å². The average molecular weight is 259 g/mol. The molecule has 0 aromatic heterocycles. The van der Waals surface area contributed by atoms with Crippen LogP contribution in [0.1, 0.15) is 18.1 Å². The number of hydrogen-bond donors (Lipinski definition) is 0. The van der Waals surface area contributed by atoms with Crippen molar-refractivity contribution in [2.45, 2.75) is 19.8 Å². The second kappa shape index (κ2) is 6.53. The molecule has 0 atom stereocenters. The van der Waals surface area contributed by atoms with Gasteiger partial charge in [-0.1, -0.05) is 30.8 Å². The van der Waals surface area contributed by atoms with Gasteiger partial charge in [0.1, 0.15) is 0 Å². The van der Waals surface area contributed by atoms with Gasteiger partial charge in [-0.3, -0.25) is 4.90 Å². The highest BCUT2D eigenvalue weighted by molar-refractivity contribution is 5.88. The van der Waals surface area contributed by atoms with Crippen molar-refractivity contribution in [3.63, 3.8) is 0 Å². The van der Waals surface area contributed by atoms with E-state index in [1.54, 1.807) is 0 Å². The van der Waals surface area contributed by atoms with Crippen LogP contribution in [0.2, 0.25) is 0 Å². The van der Waals surface area contributed by atoms with Crippen LogP contribution in [0.25, 0.3) is 0 Å². The lowest BCUT2D eigenvalue weighted by atomic mass is 10.0. The van der Waals surface area contributed by atoms with Gasteiger partial charge in [-0.05, 0) is 30.9 Å². The highest BCUT2D eigenvalue weighted by atomic mass is 16.5. The lowest BCUT2D eigenvalue weighted by Crippen LogP contribution is -2.30. The maximum absolute atomic E-state index is 11.6. The number of ether oxygens (including phenoxy) is 1. The Morgan fingerprint density at radius 3 is 2.37 bits per heavy atom. The Hall–Kier alpha value is -1.61. The van der Waals surface area contributed by atoms with Crippen LogP contribution in [0.5, 0.6) is 0 Å². The van der Waals surface area contributed by atoms with Crippen molar-refractivity contribution in [3.8, 4) is 0 Å². The maximum atomic E-state index is 11.6. The molecule has 1 heterocycles. The van der Waals surface area contributed by atoms with Gasteiger partial charge in [0.15, 0.2) is 0 Å². The van der Waals surface area contributed by atoms with Crippen LogP contribution < -0.4 is 0 Å². The first kappa shape index (κ1) is 13.8. The van der Waals surface area contributed by atoms with E-state index in [0.29, 0.717) is 18.7 Å². The molecule has 0 fully saturated rings. The highest BCUT2D eigenvalue weighted by Crippen LogP contribution is 2.16. The molecule has 0 amide bonds. The zero-order chi connectivity index (χ0) is 13.7. The van der Waals surface area contributed by atoms with Crippen molar-refractivity contribution in [2.75, 3.05) is 26.2 Å². The number of nitrogens with zero attached hydrogens (tertiary/aromatic N) is 1. The molecule has 0 spiro atoms. The summed E-state index contributed by atoms with van der Waals surface area (Å²) in [6.07, 6.45) is 2.07. The van der Waals surface area contributed by atoms with Gasteiger partial charge in [-0.15, -0.1) is 0 Å². The monoisotopic (exact) mass is 259 g/mol. The molecule has 3 heteroatoms. The zero-order valence-corrected chi connectivity index (χ0v) is 11.5. The highest BCUT2D eigenvalue weighted by Gasteiger charge is 2.16. The minimum Gasteiger partial charge on any atom is -0.463 e. The molecule has 1 aromatic carbocycles. The normalized spacial score (nSPS) is 15.4. The molecule has 0 aliphatic carbocycles. The fourth-order valence-electron chi connectivity index (χ4n) is 2.44. The maximum Gasteiger partial charge on any atom is 0.334 e. The van der Waals surface area contributed by atoms with Crippen molar-refractivity contribution in [2.24, 2.45) is 0 Å². The molecule has 19 heavy (non-hydrogen) atoms. The van der Waals surface area contributed by atoms with Gasteiger partial charge in [0, 0.05) is 25.2 Å². The van der Waals surface area contributed by atoms with Gasteiger partial charge >= 0.3 is 5.97 Å². The van der Waals surface area contributed by atoms with Crippen LogP contribution >= 0.6 is 0 Å². The predicted molar refractivity (Wildman–Crippen MR) is 76.1 cm³/mol. The molecule has 3 nitrogen and oxygen atoms in total. The van der Waals surface area contributed by atoms with Gasteiger partial charge in [0.2, 0.25) is 0 Å². The number of esters is 1. The van der Waals surface area contributed by atoms with E-state index >= 15 is 0 Å². The van der Waals surface area contributed by atoms with E-state index in [2.05, 4.69) is 35.7 Å². The summed E-state index contributed by atoms with van der Waals surface area (Å²) in [7, 11) is 0. The van der Waals surface area contributed by atoms with E-state index < -0.39 is 0 Å². The summed E-state index contributed by atoms with van der Waals surface area (Å²) in [6.45, 7) is 8.59. The van der Waals surface area contributed by atoms with Crippen molar-refractivity contribution >= 4 is 5.97 Å². The molecule has 0 saturated heterocycles. The second-order valence-electron chi connectivity index (χ2n) is 4.87. The lowest BCUT2D eigenvalue weighted by Gasteiger charge is -2.20. The quantitative estimate of drug-likeness (QED) is 0.613. The SMILES string of the molecule is C=C(CN1CCc2ccccc2CC1)C(=O)OCC. The molecule has 1 aliphatic heterocycles. The number of hydrogen-bond acceptors (Lipinski definition) is 3. The van der Waals surface area contributed by atoms with E-state index in [1.165, 1.54) is 11.1 Å². The molecule has 0 radical (unpaired) electrons. The summed E-state index contributed by atoms with van der Waals surface area (Å²) in [5, 5.41) is 0. The third-order valence-corrected chi connectivity index (χ3v) is 3.49. The van der Waals surface area contributed by atoms with Crippen LogP contribution in [0.4, 0.5) is 0 Å². The summed E-state index contributed by atoms with van der Waals surface area (Å²) in [5.41, 5.74) is 3.39. The molecule has 1 aromatic rings. The van der Waals surface area contributed by atoms with Crippen LogP contribution in [0.15, 0.2) is 36.4 Å². The Labute approximate surface area is 114 Å². The predicted octanol–water partition coefficient (Wildman–Crippen LogP) is 2.21. The Balaban J connectivity index is 1.92. The van der Waals surface area contributed by atoms with Crippen LogP contribution in [0.3, 0.4) is 0 Å². The molecular weight excluding hydrogens is 238 g/mol. The standard InChI is InChI=1S/C16H21NO2/c1-3-19-16(18)13(2)12-17-10-8-14-6-4-5-7-15(14)9-11-17/h4-7H,2-3,8-12H2,1H3. The summed E-state index contributed by atoms with van der Waals surface area (Å²) >= 11 is 0. The zero-order valence-electron chi connectivity index (χ0n) is 11.5. The third kappa shape index (κ3) is 3.67. The molecule has 0 N–H and O–H groups in total. The minimum absolute atomic E-state index is 0.274. The number of carbonyl (C=O) groups excluding carboxylic acids is 1. The fraction of sp³-hybridized carbons (Fsp3) is 0.438. The summed E-state index contributed by atoms with van der Waals surface area (Å²) in [5.74, 6) is -0.274. The number of fused-ring (bicyclic) bond motifs is 1. The Kier molecular flexibility index (Phi) is 4.74. The molecule has 0 unspecified atom stereocenters. The van der Waals surface area contributed by atoms with Gasteiger partial charge < -0.3 is 4.74 Å². The molecule has 2 rings (SSSR count). The first-order valence-electron chi connectivity index (χ1n) is 6.84. The Morgan fingerprint density at radius 1 is 1.26 bits per heavy atom.